The zero-order valence-electron chi connectivity index (χ0n) is 12.3. The Kier molecular flexibility index (Phi) is 3.70. The molecule has 1 aliphatic rings. The fourth-order valence-corrected chi connectivity index (χ4v) is 2.48. The molecular formula is C15H19N5O. The van der Waals surface area contributed by atoms with Gasteiger partial charge in [0.15, 0.2) is 5.69 Å². The van der Waals surface area contributed by atoms with Gasteiger partial charge in [0.25, 0.3) is 5.91 Å². The van der Waals surface area contributed by atoms with Crippen molar-refractivity contribution in [1.29, 1.82) is 0 Å². The lowest BCUT2D eigenvalue weighted by Gasteiger charge is -2.33. The van der Waals surface area contributed by atoms with Crippen LogP contribution in [0.15, 0.2) is 30.5 Å². The maximum absolute atomic E-state index is 12.5. The number of benzene rings is 1. The van der Waals surface area contributed by atoms with Gasteiger partial charge in [-0.15, -0.1) is 5.10 Å². The van der Waals surface area contributed by atoms with E-state index in [1.165, 1.54) is 5.56 Å². The van der Waals surface area contributed by atoms with Crippen molar-refractivity contribution in [2.45, 2.75) is 19.9 Å². The zero-order valence-corrected chi connectivity index (χ0v) is 12.3. The second-order valence-electron chi connectivity index (χ2n) is 5.44. The lowest BCUT2D eigenvalue weighted by atomic mass is 10.2. The van der Waals surface area contributed by atoms with E-state index in [9.17, 15) is 4.79 Å². The van der Waals surface area contributed by atoms with Crippen molar-refractivity contribution in [1.82, 2.24) is 25.2 Å². The molecule has 1 amide bonds. The van der Waals surface area contributed by atoms with Crippen molar-refractivity contribution >= 4 is 5.91 Å². The van der Waals surface area contributed by atoms with Gasteiger partial charge in [-0.25, -0.2) is 4.68 Å². The Morgan fingerprint density at radius 1 is 1.33 bits per heavy atom. The van der Waals surface area contributed by atoms with Gasteiger partial charge in [-0.1, -0.05) is 22.9 Å². The largest absolute Gasteiger partial charge is 0.332 e. The normalized spacial score (nSPS) is 18.8. The first-order valence-corrected chi connectivity index (χ1v) is 7.16. The summed E-state index contributed by atoms with van der Waals surface area (Å²) in [5, 5.41) is 11.4. The Bertz CT molecular complexity index is 634. The molecule has 1 fully saturated rings. The van der Waals surface area contributed by atoms with Crippen LogP contribution >= 0.6 is 0 Å². The smallest absolute Gasteiger partial charge is 0.276 e. The van der Waals surface area contributed by atoms with Crippen LogP contribution in [-0.4, -0.2) is 51.5 Å². The summed E-state index contributed by atoms with van der Waals surface area (Å²) in [4.78, 5) is 14.3. The number of hydrogen-bond acceptors (Lipinski definition) is 4. The van der Waals surface area contributed by atoms with E-state index in [0.717, 1.165) is 18.8 Å². The number of hydrogen-bond donors (Lipinski definition) is 1. The molecule has 1 aliphatic heterocycles. The molecule has 0 unspecified atom stereocenters. The molecule has 0 radical (unpaired) electrons. The molecule has 0 spiro atoms. The molecule has 6 nitrogen and oxygen atoms in total. The van der Waals surface area contributed by atoms with Crippen molar-refractivity contribution in [3.05, 3.63) is 41.7 Å². The molecule has 3 rings (SSSR count). The van der Waals surface area contributed by atoms with Gasteiger partial charge < -0.3 is 10.2 Å². The number of carbonyl (C=O) groups excluding carboxylic acids is 1. The van der Waals surface area contributed by atoms with Gasteiger partial charge >= 0.3 is 0 Å². The number of rotatable bonds is 2. The topological polar surface area (TPSA) is 63.1 Å². The summed E-state index contributed by atoms with van der Waals surface area (Å²) >= 11 is 0. The lowest BCUT2D eigenvalue weighted by Crippen LogP contribution is -2.52. The minimum atomic E-state index is -0.0534. The number of piperazine rings is 1. The third kappa shape index (κ3) is 2.80. The van der Waals surface area contributed by atoms with Crippen molar-refractivity contribution < 1.29 is 4.79 Å². The molecule has 2 heterocycles. The van der Waals surface area contributed by atoms with Gasteiger partial charge in [-0.05, 0) is 26.0 Å². The predicted molar refractivity (Wildman–Crippen MR) is 79.5 cm³/mol. The Hall–Kier alpha value is -2.21. The minimum absolute atomic E-state index is 0.0534. The molecule has 110 valence electrons. The van der Waals surface area contributed by atoms with Crippen LogP contribution in [0, 0.1) is 6.92 Å². The highest BCUT2D eigenvalue weighted by Crippen LogP contribution is 2.11. The summed E-state index contributed by atoms with van der Waals surface area (Å²) in [6.45, 7) is 6.41. The maximum Gasteiger partial charge on any atom is 0.276 e. The summed E-state index contributed by atoms with van der Waals surface area (Å²) < 4.78 is 1.64. The number of nitrogens with zero attached hydrogens (tertiary/aromatic N) is 4. The fourth-order valence-electron chi connectivity index (χ4n) is 2.48. The molecule has 0 bridgehead atoms. The van der Waals surface area contributed by atoms with Crippen LogP contribution in [0.25, 0.3) is 5.69 Å². The standard InChI is InChI=1S/C15H19N5O/c1-11-3-5-13(6-4-11)20-10-14(17-18-20)15(21)19-8-7-16-9-12(19)2/h3-6,10,12,16H,7-9H2,1-2H3/t12-/m0/s1. The highest BCUT2D eigenvalue weighted by Gasteiger charge is 2.26. The van der Waals surface area contributed by atoms with Crippen LogP contribution in [-0.2, 0) is 0 Å². The molecule has 2 aromatic rings. The zero-order chi connectivity index (χ0) is 14.8. The summed E-state index contributed by atoms with van der Waals surface area (Å²) in [5.41, 5.74) is 2.48. The SMILES string of the molecule is Cc1ccc(-n2cc(C(=O)N3CCNC[C@@H]3C)nn2)cc1. The van der Waals surface area contributed by atoms with Gasteiger partial charge in [0, 0.05) is 25.7 Å². The van der Waals surface area contributed by atoms with Crippen LogP contribution in [0.3, 0.4) is 0 Å². The Morgan fingerprint density at radius 2 is 2.10 bits per heavy atom. The highest BCUT2D eigenvalue weighted by molar-refractivity contribution is 5.92. The van der Waals surface area contributed by atoms with Crippen molar-refractivity contribution in [3.8, 4) is 5.69 Å². The van der Waals surface area contributed by atoms with E-state index < -0.39 is 0 Å². The van der Waals surface area contributed by atoms with E-state index in [1.54, 1.807) is 10.9 Å². The number of carbonyl (C=O) groups is 1. The lowest BCUT2D eigenvalue weighted by molar-refractivity contribution is 0.0649. The van der Waals surface area contributed by atoms with E-state index in [1.807, 2.05) is 43.0 Å². The Balaban J connectivity index is 1.81. The molecule has 0 aliphatic carbocycles. The highest BCUT2D eigenvalue weighted by atomic mass is 16.2. The van der Waals surface area contributed by atoms with Crippen molar-refractivity contribution in [2.24, 2.45) is 0 Å². The average Bonchev–Trinajstić information content (AvgIpc) is 2.98. The monoisotopic (exact) mass is 285 g/mol. The van der Waals surface area contributed by atoms with Gasteiger partial charge in [-0.2, -0.15) is 0 Å². The fraction of sp³-hybridized carbons (Fsp3) is 0.400. The molecule has 1 aromatic carbocycles. The molecule has 1 aromatic heterocycles. The van der Waals surface area contributed by atoms with Crippen molar-refractivity contribution in [3.63, 3.8) is 0 Å². The summed E-state index contributed by atoms with van der Waals surface area (Å²) in [6, 6.07) is 8.13. The quantitative estimate of drug-likeness (QED) is 0.894. The minimum Gasteiger partial charge on any atom is -0.332 e. The molecule has 1 atom stereocenters. The number of aromatic nitrogens is 3. The van der Waals surface area contributed by atoms with E-state index in [4.69, 9.17) is 0 Å². The Morgan fingerprint density at radius 3 is 2.81 bits per heavy atom. The van der Waals surface area contributed by atoms with E-state index >= 15 is 0 Å². The molecular weight excluding hydrogens is 266 g/mol. The molecule has 6 heteroatoms. The second-order valence-corrected chi connectivity index (χ2v) is 5.44. The number of amides is 1. The molecule has 0 saturated carbocycles. The van der Waals surface area contributed by atoms with Gasteiger partial charge in [0.2, 0.25) is 0 Å². The molecule has 1 N–H and O–H groups in total. The van der Waals surface area contributed by atoms with E-state index in [0.29, 0.717) is 12.2 Å². The third-order valence-electron chi connectivity index (χ3n) is 3.77. The number of nitrogens with one attached hydrogen (secondary N) is 1. The van der Waals surface area contributed by atoms with Crippen LogP contribution in [0.1, 0.15) is 23.0 Å². The first kappa shape index (κ1) is 13.8. The average molecular weight is 285 g/mol. The summed E-state index contributed by atoms with van der Waals surface area (Å²) in [5.74, 6) is -0.0534. The molecule has 1 saturated heterocycles. The van der Waals surface area contributed by atoms with Gasteiger partial charge in [-0.3, -0.25) is 4.79 Å². The van der Waals surface area contributed by atoms with Gasteiger partial charge in [0.1, 0.15) is 0 Å². The van der Waals surface area contributed by atoms with Crippen LogP contribution in [0.2, 0.25) is 0 Å². The Labute approximate surface area is 123 Å². The predicted octanol–water partition coefficient (Wildman–Crippen LogP) is 1.01. The van der Waals surface area contributed by atoms with Crippen LogP contribution < -0.4 is 5.32 Å². The van der Waals surface area contributed by atoms with Crippen molar-refractivity contribution in [2.75, 3.05) is 19.6 Å². The summed E-state index contributed by atoms with van der Waals surface area (Å²) in [7, 11) is 0. The first-order chi connectivity index (χ1) is 10.1. The van der Waals surface area contributed by atoms with E-state index in [2.05, 4.69) is 15.6 Å². The molecule has 21 heavy (non-hydrogen) atoms. The second kappa shape index (κ2) is 5.65. The van der Waals surface area contributed by atoms with Crippen LogP contribution in [0.5, 0.6) is 0 Å². The van der Waals surface area contributed by atoms with Crippen LogP contribution in [0.4, 0.5) is 0 Å². The van der Waals surface area contributed by atoms with E-state index in [-0.39, 0.29) is 11.9 Å². The first-order valence-electron chi connectivity index (χ1n) is 7.16. The summed E-state index contributed by atoms with van der Waals surface area (Å²) in [6.07, 6.45) is 1.70. The third-order valence-corrected chi connectivity index (χ3v) is 3.77. The number of aryl methyl sites for hydroxylation is 1. The maximum atomic E-state index is 12.5. The van der Waals surface area contributed by atoms with Gasteiger partial charge in [0.05, 0.1) is 11.9 Å².